The lowest BCUT2D eigenvalue weighted by molar-refractivity contribution is -0.385. The Balaban J connectivity index is 2.24. The Labute approximate surface area is 124 Å². The molecule has 5 nitrogen and oxygen atoms in total. The lowest BCUT2D eigenvalue weighted by Gasteiger charge is -2.17. The monoisotopic (exact) mass is 288 g/mol. The number of benzene rings is 1. The van der Waals surface area contributed by atoms with Gasteiger partial charge < -0.3 is 9.73 Å². The highest BCUT2D eigenvalue weighted by atomic mass is 16.6. The van der Waals surface area contributed by atoms with E-state index in [9.17, 15) is 10.1 Å². The van der Waals surface area contributed by atoms with E-state index < -0.39 is 0 Å². The molecule has 1 atom stereocenters. The van der Waals surface area contributed by atoms with E-state index in [0.29, 0.717) is 6.42 Å². The number of aryl methyl sites for hydroxylation is 1. The van der Waals surface area contributed by atoms with Crippen LogP contribution in [0.15, 0.2) is 41.0 Å². The molecule has 0 aliphatic heterocycles. The van der Waals surface area contributed by atoms with Crippen molar-refractivity contribution in [2.45, 2.75) is 32.7 Å². The second kappa shape index (κ2) is 7.04. The van der Waals surface area contributed by atoms with Gasteiger partial charge in [0, 0.05) is 23.2 Å². The summed E-state index contributed by atoms with van der Waals surface area (Å²) in [5, 5.41) is 14.6. The van der Waals surface area contributed by atoms with Gasteiger partial charge >= 0.3 is 0 Å². The predicted molar refractivity (Wildman–Crippen MR) is 81.3 cm³/mol. The Morgan fingerprint density at radius 3 is 2.76 bits per heavy atom. The molecule has 5 heteroatoms. The van der Waals surface area contributed by atoms with Crippen molar-refractivity contribution in [3.8, 4) is 0 Å². The molecular weight excluding hydrogens is 268 g/mol. The minimum atomic E-state index is -0.327. The van der Waals surface area contributed by atoms with E-state index in [-0.39, 0.29) is 16.7 Å². The first-order valence-electron chi connectivity index (χ1n) is 7.12. The number of hydrogen-bond donors (Lipinski definition) is 1. The number of furan rings is 1. The first-order valence-corrected chi connectivity index (χ1v) is 7.12. The van der Waals surface area contributed by atoms with Crippen LogP contribution in [0.2, 0.25) is 0 Å². The molecule has 2 aromatic rings. The van der Waals surface area contributed by atoms with Gasteiger partial charge in [0.1, 0.15) is 5.76 Å². The van der Waals surface area contributed by atoms with E-state index in [2.05, 4.69) is 12.2 Å². The van der Waals surface area contributed by atoms with Crippen molar-refractivity contribution >= 4 is 5.69 Å². The molecule has 0 saturated carbocycles. The maximum Gasteiger partial charge on any atom is 0.272 e. The Hall–Kier alpha value is -2.14. The molecule has 1 heterocycles. The van der Waals surface area contributed by atoms with Crippen LogP contribution in [-0.2, 0) is 6.42 Å². The molecule has 1 unspecified atom stereocenters. The van der Waals surface area contributed by atoms with Crippen LogP contribution in [0.1, 0.15) is 36.3 Å². The highest BCUT2D eigenvalue weighted by Crippen LogP contribution is 2.26. The first kappa shape index (κ1) is 15.3. The standard InChI is InChI=1S/C16H20N2O3/c1-3-8-17-15(14-9-12(2)21-11-14)10-13-6-4-5-7-16(13)18(19)20/h4-7,9,11,15,17H,3,8,10H2,1-2H3. The van der Waals surface area contributed by atoms with Crippen molar-refractivity contribution in [3.05, 3.63) is 63.6 Å². The summed E-state index contributed by atoms with van der Waals surface area (Å²) in [7, 11) is 0. The summed E-state index contributed by atoms with van der Waals surface area (Å²) < 4.78 is 5.37. The molecule has 0 saturated heterocycles. The predicted octanol–water partition coefficient (Wildman–Crippen LogP) is 3.78. The average Bonchev–Trinajstić information content (AvgIpc) is 2.90. The van der Waals surface area contributed by atoms with Crippen LogP contribution in [0.5, 0.6) is 0 Å². The largest absolute Gasteiger partial charge is 0.469 e. The molecule has 1 aromatic carbocycles. The van der Waals surface area contributed by atoms with Gasteiger partial charge in [-0.05, 0) is 32.4 Å². The van der Waals surface area contributed by atoms with Crippen LogP contribution in [0.4, 0.5) is 5.69 Å². The highest BCUT2D eigenvalue weighted by Gasteiger charge is 2.19. The van der Waals surface area contributed by atoms with Gasteiger partial charge in [0.2, 0.25) is 0 Å². The minimum Gasteiger partial charge on any atom is -0.469 e. The van der Waals surface area contributed by atoms with Gasteiger partial charge in [0.05, 0.1) is 11.2 Å². The third-order valence-electron chi connectivity index (χ3n) is 3.41. The van der Waals surface area contributed by atoms with Gasteiger partial charge in [-0.3, -0.25) is 10.1 Å². The summed E-state index contributed by atoms with van der Waals surface area (Å²) in [6.45, 7) is 4.84. The third-order valence-corrected chi connectivity index (χ3v) is 3.41. The van der Waals surface area contributed by atoms with Crippen molar-refractivity contribution in [1.82, 2.24) is 5.32 Å². The fourth-order valence-corrected chi connectivity index (χ4v) is 2.35. The molecule has 1 N–H and O–H groups in total. The molecule has 0 bridgehead atoms. The maximum atomic E-state index is 11.1. The summed E-state index contributed by atoms with van der Waals surface area (Å²) in [5.41, 5.74) is 1.93. The van der Waals surface area contributed by atoms with Crippen LogP contribution in [0.3, 0.4) is 0 Å². The number of nitro benzene ring substituents is 1. The molecule has 0 fully saturated rings. The van der Waals surface area contributed by atoms with E-state index >= 15 is 0 Å². The quantitative estimate of drug-likeness (QED) is 0.622. The smallest absolute Gasteiger partial charge is 0.272 e. The number of nitro groups is 1. The molecule has 0 aliphatic rings. The molecule has 0 spiro atoms. The lowest BCUT2D eigenvalue weighted by Crippen LogP contribution is -2.24. The summed E-state index contributed by atoms with van der Waals surface area (Å²) in [6, 6.07) is 8.88. The summed E-state index contributed by atoms with van der Waals surface area (Å²) >= 11 is 0. The van der Waals surface area contributed by atoms with E-state index in [1.54, 1.807) is 18.4 Å². The zero-order valence-corrected chi connectivity index (χ0v) is 12.3. The average molecular weight is 288 g/mol. The second-order valence-corrected chi connectivity index (χ2v) is 5.09. The molecule has 21 heavy (non-hydrogen) atoms. The van der Waals surface area contributed by atoms with Gasteiger partial charge in [-0.25, -0.2) is 0 Å². The fourth-order valence-electron chi connectivity index (χ4n) is 2.35. The normalized spacial score (nSPS) is 12.3. The number of rotatable bonds is 7. The van der Waals surface area contributed by atoms with Gasteiger partial charge in [-0.1, -0.05) is 25.1 Å². The lowest BCUT2D eigenvalue weighted by atomic mass is 9.99. The summed E-state index contributed by atoms with van der Waals surface area (Å²) in [6.07, 6.45) is 3.29. The van der Waals surface area contributed by atoms with E-state index in [0.717, 1.165) is 29.9 Å². The summed E-state index contributed by atoms with van der Waals surface area (Å²) in [4.78, 5) is 10.8. The van der Waals surface area contributed by atoms with E-state index in [1.807, 2.05) is 25.1 Å². The van der Waals surface area contributed by atoms with Gasteiger partial charge in [0.25, 0.3) is 5.69 Å². The number of hydrogen-bond acceptors (Lipinski definition) is 4. The first-order chi connectivity index (χ1) is 10.1. The minimum absolute atomic E-state index is 0.0171. The van der Waals surface area contributed by atoms with Crippen LogP contribution >= 0.6 is 0 Å². The van der Waals surface area contributed by atoms with E-state index in [4.69, 9.17) is 4.42 Å². The van der Waals surface area contributed by atoms with Crippen LogP contribution < -0.4 is 5.32 Å². The summed E-state index contributed by atoms with van der Waals surface area (Å²) in [5.74, 6) is 0.843. The van der Waals surface area contributed by atoms with Crippen LogP contribution in [0, 0.1) is 17.0 Å². The SMILES string of the molecule is CCCNC(Cc1ccccc1[N+](=O)[O-])c1coc(C)c1. The van der Waals surface area contributed by atoms with E-state index in [1.165, 1.54) is 0 Å². The van der Waals surface area contributed by atoms with Gasteiger partial charge in [-0.15, -0.1) is 0 Å². The van der Waals surface area contributed by atoms with Crippen LogP contribution in [0.25, 0.3) is 0 Å². The highest BCUT2D eigenvalue weighted by molar-refractivity contribution is 5.41. The Kier molecular flexibility index (Phi) is 5.11. The Morgan fingerprint density at radius 2 is 2.14 bits per heavy atom. The van der Waals surface area contributed by atoms with Crippen molar-refractivity contribution in [2.75, 3.05) is 6.54 Å². The topological polar surface area (TPSA) is 68.3 Å². The number of nitrogens with zero attached hydrogens (tertiary/aromatic N) is 1. The zero-order chi connectivity index (χ0) is 15.2. The fraction of sp³-hybridized carbons (Fsp3) is 0.375. The Morgan fingerprint density at radius 1 is 1.38 bits per heavy atom. The molecule has 0 aliphatic carbocycles. The molecule has 2 rings (SSSR count). The number of para-hydroxylation sites is 1. The molecule has 0 radical (unpaired) electrons. The van der Waals surface area contributed by atoms with Crippen molar-refractivity contribution < 1.29 is 9.34 Å². The van der Waals surface area contributed by atoms with Crippen molar-refractivity contribution in [3.63, 3.8) is 0 Å². The molecule has 1 aromatic heterocycles. The number of nitrogens with one attached hydrogen (secondary N) is 1. The van der Waals surface area contributed by atoms with Crippen LogP contribution in [-0.4, -0.2) is 11.5 Å². The maximum absolute atomic E-state index is 11.1. The van der Waals surface area contributed by atoms with Gasteiger partial charge in [0.15, 0.2) is 0 Å². The third kappa shape index (κ3) is 3.92. The van der Waals surface area contributed by atoms with Crippen molar-refractivity contribution in [2.24, 2.45) is 0 Å². The van der Waals surface area contributed by atoms with Gasteiger partial charge in [-0.2, -0.15) is 0 Å². The zero-order valence-electron chi connectivity index (χ0n) is 12.3. The van der Waals surface area contributed by atoms with Crippen molar-refractivity contribution in [1.29, 1.82) is 0 Å². The second-order valence-electron chi connectivity index (χ2n) is 5.09. The molecular formula is C16H20N2O3. The molecule has 112 valence electrons. The molecule has 0 amide bonds. The Bertz CT molecular complexity index is 607.